The van der Waals surface area contributed by atoms with Gasteiger partial charge in [0.1, 0.15) is 0 Å². The van der Waals surface area contributed by atoms with Crippen molar-refractivity contribution in [2.75, 3.05) is 0 Å². The Morgan fingerprint density at radius 1 is 1.33 bits per heavy atom. The molecule has 0 aliphatic heterocycles. The number of hydrogen-bond donors (Lipinski definition) is 0. The van der Waals surface area contributed by atoms with E-state index in [1.807, 2.05) is 6.07 Å². The minimum absolute atomic E-state index is 0.124. The van der Waals surface area contributed by atoms with Crippen molar-refractivity contribution in [3.8, 4) is 0 Å². The highest BCUT2D eigenvalue weighted by molar-refractivity contribution is 5.96. The van der Waals surface area contributed by atoms with Gasteiger partial charge in [-0.15, -0.1) is 0 Å². The van der Waals surface area contributed by atoms with E-state index in [0.717, 1.165) is 12.8 Å². The van der Waals surface area contributed by atoms with E-state index in [4.69, 9.17) is 0 Å². The number of allylic oxidation sites excluding steroid dienone is 2. The molecule has 0 N–H and O–H groups in total. The Labute approximate surface area is 89.8 Å². The Kier molecular flexibility index (Phi) is 1.67. The maximum atomic E-state index is 12.2. The van der Waals surface area contributed by atoms with Crippen molar-refractivity contribution in [2.24, 2.45) is 5.92 Å². The van der Waals surface area contributed by atoms with Crippen LogP contribution in [-0.2, 0) is 16.6 Å². The fourth-order valence-corrected chi connectivity index (χ4v) is 2.94. The molecular weight excluding hydrogens is 184 g/mol. The van der Waals surface area contributed by atoms with Crippen molar-refractivity contribution >= 4 is 5.78 Å². The summed E-state index contributed by atoms with van der Waals surface area (Å²) in [6, 6.07) is 8.38. The summed E-state index contributed by atoms with van der Waals surface area (Å²) in [5.74, 6) is 0.530. The first kappa shape index (κ1) is 8.90. The monoisotopic (exact) mass is 198 g/mol. The van der Waals surface area contributed by atoms with Crippen LogP contribution in [0.2, 0.25) is 0 Å². The zero-order valence-corrected chi connectivity index (χ0v) is 8.86. The van der Waals surface area contributed by atoms with Gasteiger partial charge in [-0.25, -0.2) is 0 Å². The average molecular weight is 198 g/mol. The summed E-state index contributed by atoms with van der Waals surface area (Å²) in [5, 5.41) is 0. The molecule has 1 aromatic carbocycles. The van der Waals surface area contributed by atoms with Gasteiger partial charge in [0.05, 0.1) is 5.41 Å². The second kappa shape index (κ2) is 2.82. The quantitative estimate of drug-likeness (QED) is 0.586. The molecule has 3 rings (SSSR count). The van der Waals surface area contributed by atoms with Gasteiger partial charge in [-0.2, -0.15) is 0 Å². The maximum Gasteiger partial charge on any atom is 0.150 e. The molecule has 0 radical (unpaired) electrons. The van der Waals surface area contributed by atoms with Crippen molar-refractivity contribution in [1.82, 2.24) is 0 Å². The second-order valence-electron chi connectivity index (χ2n) is 4.80. The van der Waals surface area contributed by atoms with Crippen molar-refractivity contribution < 1.29 is 4.79 Å². The van der Waals surface area contributed by atoms with Crippen LogP contribution in [0.1, 0.15) is 24.5 Å². The average Bonchev–Trinajstić information content (AvgIpc) is 2.23. The summed E-state index contributed by atoms with van der Waals surface area (Å²) in [6.07, 6.45) is 6.00. The van der Waals surface area contributed by atoms with Gasteiger partial charge in [-0.3, -0.25) is 4.79 Å². The number of carbonyl (C=O) groups is 1. The summed E-state index contributed by atoms with van der Waals surface area (Å²) in [5.41, 5.74) is 2.35. The fraction of sp³-hybridized carbons (Fsp3) is 0.357. The number of hydrogen-bond acceptors (Lipinski definition) is 1. The second-order valence-corrected chi connectivity index (χ2v) is 4.80. The van der Waals surface area contributed by atoms with E-state index in [9.17, 15) is 4.79 Å². The third-order valence-corrected chi connectivity index (χ3v) is 3.83. The fourth-order valence-electron chi connectivity index (χ4n) is 2.94. The molecule has 0 fully saturated rings. The van der Waals surface area contributed by atoms with Gasteiger partial charge in [-0.05, 0) is 30.9 Å². The van der Waals surface area contributed by atoms with E-state index in [1.165, 1.54) is 11.1 Å². The molecule has 0 saturated heterocycles. The Morgan fingerprint density at radius 2 is 2.13 bits per heavy atom. The Balaban J connectivity index is 2.26. The normalized spacial score (nSPS) is 32.6. The van der Waals surface area contributed by atoms with E-state index < -0.39 is 0 Å². The molecule has 0 saturated carbocycles. The molecule has 2 aliphatic rings. The summed E-state index contributed by atoms with van der Waals surface area (Å²) in [4.78, 5) is 12.2. The zero-order valence-electron chi connectivity index (χ0n) is 8.86. The summed E-state index contributed by atoms with van der Waals surface area (Å²) < 4.78 is 0. The van der Waals surface area contributed by atoms with Gasteiger partial charge in [-0.1, -0.05) is 36.4 Å². The molecule has 2 atom stereocenters. The van der Waals surface area contributed by atoms with E-state index in [1.54, 1.807) is 0 Å². The summed E-state index contributed by atoms with van der Waals surface area (Å²) in [7, 11) is 0. The van der Waals surface area contributed by atoms with Crippen molar-refractivity contribution in [3.63, 3.8) is 0 Å². The lowest BCUT2D eigenvalue weighted by Crippen LogP contribution is -2.44. The zero-order chi connectivity index (χ0) is 10.5. The molecule has 0 amide bonds. The van der Waals surface area contributed by atoms with Crippen LogP contribution in [0.3, 0.4) is 0 Å². The van der Waals surface area contributed by atoms with Crippen LogP contribution in [0, 0.1) is 5.92 Å². The van der Waals surface area contributed by atoms with Crippen LogP contribution in [0.4, 0.5) is 0 Å². The highest BCUT2D eigenvalue weighted by atomic mass is 16.1. The van der Waals surface area contributed by atoms with E-state index >= 15 is 0 Å². The minimum atomic E-state index is -0.256. The molecule has 15 heavy (non-hydrogen) atoms. The van der Waals surface area contributed by atoms with E-state index in [-0.39, 0.29) is 11.3 Å². The predicted octanol–water partition coefficient (Wildman–Crippen LogP) is 2.65. The third-order valence-electron chi connectivity index (χ3n) is 3.83. The number of fused-ring (bicyclic) bond motifs is 4. The predicted molar refractivity (Wildman–Crippen MR) is 59.8 cm³/mol. The highest BCUT2D eigenvalue weighted by Crippen LogP contribution is 2.42. The van der Waals surface area contributed by atoms with Gasteiger partial charge in [0, 0.05) is 5.92 Å². The Morgan fingerprint density at radius 3 is 3.00 bits per heavy atom. The van der Waals surface area contributed by atoms with E-state index in [0.29, 0.717) is 5.78 Å². The number of rotatable bonds is 0. The number of Topliss-reactive ketones (excluding diaryl/α,β-unsaturated/α-hetero) is 1. The molecule has 76 valence electrons. The van der Waals surface area contributed by atoms with Crippen LogP contribution in [-0.4, -0.2) is 5.78 Å². The summed E-state index contributed by atoms with van der Waals surface area (Å²) >= 11 is 0. The van der Waals surface area contributed by atoms with Gasteiger partial charge < -0.3 is 0 Å². The van der Waals surface area contributed by atoms with Gasteiger partial charge in [0.25, 0.3) is 0 Å². The lowest BCUT2D eigenvalue weighted by molar-refractivity contribution is -0.127. The number of ketones is 1. The van der Waals surface area contributed by atoms with Crippen LogP contribution >= 0.6 is 0 Å². The standard InChI is InChI=1S/C14H14O/c1-14-8-4-6-11(13(14)15)9-10-5-2-3-7-12(10)14/h2-7,11H,8-9H2,1H3/t11-,14+/m0/s1. The van der Waals surface area contributed by atoms with E-state index in [2.05, 4.69) is 37.3 Å². The maximum absolute atomic E-state index is 12.2. The Hall–Kier alpha value is -1.37. The van der Waals surface area contributed by atoms with Crippen LogP contribution in [0.15, 0.2) is 36.4 Å². The third kappa shape index (κ3) is 1.06. The molecule has 0 unspecified atom stereocenters. The first-order valence-electron chi connectivity index (χ1n) is 5.51. The first-order chi connectivity index (χ1) is 7.22. The summed E-state index contributed by atoms with van der Waals surface area (Å²) in [6.45, 7) is 2.09. The molecule has 0 aromatic heterocycles. The highest BCUT2D eigenvalue weighted by Gasteiger charge is 2.44. The van der Waals surface area contributed by atoms with Crippen molar-refractivity contribution in [1.29, 1.82) is 0 Å². The van der Waals surface area contributed by atoms with Gasteiger partial charge >= 0.3 is 0 Å². The molecule has 0 heterocycles. The first-order valence-corrected chi connectivity index (χ1v) is 5.51. The number of carbonyl (C=O) groups excluding carboxylic acids is 1. The molecule has 0 spiro atoms. The van der Waals surface area contributed by atoms with Crippen LogP contribution in [0.5, 0.6) is 0 Å². The Bertz CT molecular complexity index is 458. The van der Waals surface area contributed by atoms with Crippen LogP contribution in [0.25, 0.3) is 0 Å². The van der Waals surface area contributed by atoms with Crippen LogP contribution < -0.4 is 0 Å². The van der Waals surface area contributed by atoms with Crippen molar-refractivity contribution in [3.05, 3.63) is 47.5 Å². The molecule has 1 aromatic rings. The molecule has 2 bridgehead atoms. The topological polar surface area (TPSA) is 17.1 Å². The van der Waals surface area contributed by atoms with Gasteiger partial charge in [0.2, 0.25) is 0 Å². The molecule has 1 nitrogen and oxygen atoms in total. The lowest BCUT2D eigenvalue weighted by Gasteiger charge is -2.39. The largest absolute Gasteiger partial charge is 0.298 e. The smallest absolute Gasteiger partial charge is 0.150 e. The molecular formula is C14H14O. The van der Waals surface area contributed by atoms with Crippen molar-refractivity contribution in [2.45, 2.75) is 25.2 Å². The minimum Gasteiger partial charge on any atom is -0.298 e. The molecule has 1 heteroatoms. The van der Waals surface area contributed by atoms with Gasteiger partial charge in [0.15, 0.2) is 5.78 Å². The number of benzene rings is 1. The lowest BCUT2D eigenvalue weighted by atomic mass is 9.62. The molecule has 2 aliphatic carbocycles. The SMILES string of the molecule is C[C@@]12CC=C[C@@H](Cc3ccccc31)C2=O.